The van der Waals surface area contributed by atoms with Crippen molar-refractivity contribution >= 4 is 81.0 Å². The molecule has 3 heterocycles. The Labute approximate surface area is 439 Å². The van der Waals surface area contributed by atoms with E-state index >= 15 is 0 Å². The van der Waals surface area contributed by atoms with E-state index in [0.29, 0.717) is 58.6 Å². The van der Waals surface area contributed by atoms with Gasteiger partial charge in [0.1, 0.15) is 47.9 Å². The van der Waals surface area contributed by atoms with Crippen LogP contribution in [-0.2, 0) is 35.1 Å². The average molecular weight is 1060 g/mol. The van der Waals surface area contributed by atoms with Crippen LogP contribution >= 0.6 is 11.6 Å². The van der Waals surface area contributed by atoms with Crippen molar-refractivity contribution in [2.75, 3.05) is 89.5 Å². The van der Waals surface area contributed by atoms with Crippen LogP contribution in [0.5, 0.6) is 11.5 Å². The molecule has 0 saturated carbocycles. The third-order valence-electron chi connectivity index (χ3n) is 11.8. The molecule has 3 atom stereocenters. The maximum absolute atomic E-state index is 14.3. The van der Waals surface area contributed by atoms with Gasteiger partial charge in [-0.2, -0.15) is 0 Å². The topological polar surface area (TPSA) is 266 Å². The molecule has 0 fully saturated rings. The lowest BCUT2D eigenvalue weighted by atomic mass is 10.0. The van der Waals surface area contributed by atoms with Gasteiger partial charge >= 0.3 is 18.3 Å². The van der Waals surface area contributed by atoms with Crippen molar-refractivity contribution in [3.8, 4) is 11.5 Å². The maximum atomic E-state index is 14.3. The molecule has 2 aromatic heterocycles. The maximum Gasteiger partial charge on any atom is 0.415 e. The number of nitrogens with one attached hydrogen (secondary N) is 4. The molecule has 0 bridgehead atoms. The summed E-state index contributed by atoms with van der Waals surface area (Å²) in [4.78, 5) is 92.1. The highest BCUT2D eigenvalue weighted by Crippen LogP contribution is 2.46. The van der Waals surface area contributed by atoms with Gasteiger partial charge in [-0.3, -0.25) is 14.4 Å². The molecule has 3 aromatic carbocycles. The van der Waals surface area contributed by atoms with E-state index in [1.807, 2.05) is 12.1 Å². The number of hydrogen-bond acceptors (Lipinski definition) is 15. The Morgan fingerprint density at radius 3 is 2.36 bits per heavy atom. The molecule has 406 valence electrons. The predicted octanol–water partition coefficient (Wildman–Crippen LogP) is 6.70. The molecule has 75 heavy (non-hydrogen) atoms. The Morgan fingerprint density at radius 2 is 1.68 bits per heavy atom. The van der Waals surface area contributed by atoms with E-state index in [1.165, 1.54) is 23.8 Å². The number of benzene rings is 3. The molecule has 5 N–H and O–H groups in total. The number of oxazole rings is 1. The van der Waals surface area contributed by atoms with Gasteiger partial charge in [-0.1, -0.05) is 26.0 Å². The normalized spacial score (nSPS) is 14.0. The highest BCUT2D eigenvalue weighted by Gasteiger charge is 2.38. The second-order valence-electron chi connectivity index (χ2n) is 19.2. The summed E-state index contributed by atoms with van der Waals surface area (Å²) in [5.74, 6) is -0.934. The summed E-state index contributed by atoms with van der Waals surface area (Å²) in [7, 11) is 3.10. The van der Waals surface area contributed by atoms with Crippen LogP contribution in [0, 0.1) is 12.8 Å². The third-order valence-corrected chi connectivity index (χ3v) is 12.2. The lowest BCUT2D eigenvalue weighted by Crippen LogP contribution is -2.54. The van der Waals surface area contributed by atoms with Gasteiger partial charge in [-0.05, 0) is 75.6 Å². The first kappa shape index (κ1) is 57.1. The summed E-state index contributed by atoms with van der Waals surface area (Å²) in [6, 6.07) is 13.4. The highest BCUT2D eigenvalue weighted by molar-refractivity contribution is 6.19. The number of aromatic amines is 1. The number of methoxy groups -OCH3 is 1. The van der Waals surface area contributed by atoms with E-state index in [1.54, 1.807) is 96.0 Å². The van der Waals surface area contributed by atoms with Crippen molar-refractivity contribution in [2.24, 2.45) is 5.92 Å². The van der Waals surface area contributed by atoms with Crippen molar-refractivity contribution in [3.63, 3.8) is 0 Å². The van der Waals surface area contributed by atoms with Crippen molar-refractivity contribution < 1.29 is 66.7 Å². The monoisotopic (exact) mass is 1060 g/mol. The number of amides is 6. The number of carbonyl (C=O) groups is 6. The SMILES string of the molecule is COCCOc1ccc2[nH]c(C(=O)N3CC(CCl)c4c3cc(OC(=O)N(CCOCCO)CCN(C)C(=O)OCc3ccc(NC(=O)[C@@H](C)NC(=O)[C@H](NC(=O)OC(C)(C)C)C(C)C)cc3)c3oc(C)nc43)cc2c1. The van der Waals surface area contributed by atoms with Crippen LogP contribution in [0.1, 0.15) is 75.0 Å². The summed E-state index contributed by atoms with van der Waals surface area (Å²) in [5, 5.41) is 18.0. The number of carbonyl (C=O) groups excluding carboxylic acids is 6. The first-order valence-electron chi connectivity index (χ1n) is 24.5. The molecule has 5 aromatic rings. The zero-order chi connectivity index (χ0) is 54.6. The molecule has 1 unspecified atom stereocenters. The van der Waals surface area contributed by atoms with Gasteiger partial charge in [0.15, 0.2) is 17.2 Å². The van der Waals surface area contributed by atoms with Crippen molar-refractivity contribution in [3.05, 3.63) is 77.3 Å². The van der Waals surface area contributed by atoms with Gasteiger partial charge in [0.25, 0.3) is 5.91 Å². The minimum absolute atomic E-state index is 0.00208. The van der Waals surface area contributed by atoms with Crippen LogP contribution in [0.2, 0.25) is 0 Å². The lowest BCUT2D eigenvalue weighted by Gasteiger charge is -2.26. The van der Waals surface area contributed by atoms with Gasteiger partial charge < -0.3 is 73.6 Å². The number of anilines is 2. The fraction of sp³-hybridized carbons (Fsp3) is 0.481. The Hall–Kier alpha value is -7.14. The van der Waals surface area contributed by atoms with Crippen LogP contribution in [0.25, 0.3) is 22.0 Å². The molecule has 6 amide bonds. The number of rotatable bonds is 23. The van der Waals surface area contributed by atoms with E-state index in [2.05, 4.69) is 25.9 Å². The lowest BCUT2D eigenvalue weighted by molar-refractivity contribution is -0.128. The molecular weight excluding hydrogens is 996 g/mol. The number of H-pyrrole nitrogens is 1. The molecule has 0 saturated heterocycles. The number of aromatic nitrogens is 2. The number of aliphatic hydroxyl groups excluding tert-OH is 1. The van der Waals surface area contributed by atoms with Crippen LogP contribution in [0.15, 0.2) is 59.0 Å². The van der Waals surface area contributed by atoms with E-state index in [-0.39, 0.29) is 87.6 Å². The second-order valence-corrected chi connectivity index (χ2v) is 19.5. The minimum Gasteiger partial charge on any atom is -0.491 e. The number of ether oxygens (including phenoxy) is 6. The first-order valence-corrected chi connectivity index (χ1v) is 25.0. The van der Waals surface area contributed by atoms with Crippen LogP contribution in [0.3, 0.4) is 0 Å². The number of alkyl carbamates (subject to hydrolysis) is 1. The quantitative estimate of drug-likeness (QED) is 0.0337. The van der Waals surface area contributed by atoms with Gasteiger partial charge in [0, 0.05) is 87.3 Å². The standard InChI is InChI=1S/C52H67ClN8O14/c1-30(2)43(58-49(66)75-52(5,6)7)47(64)54-31(3)46(63)56-36-12-10-33(11-13-36)29-72-50(67)59(8)16-17-60(18-20-70-21-19-62)51(68)74-41-26-40-42(44-45(41)73-32(4)55-44)35(27-53)28-61(40)48(65)39-25-34-24-37(71-23-22-69-9)14-15-38(34)57-39/h10-15,24-26,30-31,35,43,57,62H,16-23,27-29H2,1-9H3,(H,54,64)(H,56,63)(H,58,66)/t31-,35?,43-/m1/s1. The summed E-state index contributed by atoms with van der Waals surface area (Å²) in [5.41, 5.74) is 3.01. The molecule has 0 aliphatic carbocycles. The fourth-order valence-electron chi connectivity index (χ4n) is 7.98. The number of hydrogen-bond donors (Lipinski definition) is 5. The molecule has 6 rings (SSSR count). The second kappa shape index (κ2) is 25.9. The Kier molecular flexibility index (Phi) is 19.7. The summed E-state index contributed by atoms with van der Waals surface area (Å²) in [6.07, 6.45) is -2.26. The largest absolute Gasteiger partial charge is 0.491 e. The van der Waals surface area contributed by atoms with E-state index < -0.39 is 47.8 Å². The number of aryl methyl sites for hydroxylation is 1. The molecule has 1 aliphatic heterocycles. The van der Waals surface area contributed by atoms with Gasteiger partial charge in [0.05, 0.1) is 32.1 Å². The first-order chi connectivity index (χ1) is 35.7. The smallest absolute Gasteiger partial charge is 0.415 e. The van der Waals surface area contributed by atoms with Crippen LogP contribution in [0.4, 0.5) is 25.8 Å². The number of likely N-dealkylation sites (N-methyl/N-ethyl adjacent to an activating group) is 1. The Morgan fingerprint density at radius 1 is 0.933 bits per heavy atom. The van der Waals surface area contributed by atoms with E-state index in [4.69, 9.17) is 44.4 Å². The molecule has 23 heteroatoms. The predicted molar refractivity (Wildman–Crippen MR) is 279 cm³/mol. The van der Waals surface area contributed by atoms with Crippen molar-refractivity contribution in [2.45, 2.75) is 78.7 Å². The molecule has 0 radical (unpaired) electrons. The third kappa shape index (κ3) is 15.2. The van der Waals surface area contributed by atoms with Crippen molar-refractivity contribution in [1.82, 2.24) is 30.4 Å². The molecular formula is C52H67ClN8O14. The molecule has 0 spiro atoms. The van der Waals surface area contributed by atoms with Gasteiger partial charge in [-0.25, -0.2) is 19.4 Å². The summed E-state index contributed by atoms with van der Waals surface area (Å²) in [6.45, 7) is 12.5. The number of fused-ring (bicyclic) bond motifs is 4. The average Bonchev–Trinajstić information content (AvgIpc) is 4.08. The number of nitrogens with zero attached hydrogens (tertiary/aromatic N) is 4. The van der Waals surface area contributed by atoms with Crippen LogP contribution in [-0.4, -0.2) is 158 Å². The van der Waals surface area contributed by atoms with Gasteiger partial charge in [-0.15, -0.1) is 11.6 Å². The summed E-state index contributed by atoms with van der Waals surface area (Å²) >= 11 is 6.52. The number of aliphatic hydroxyl groups is 1. The van der Waals surface area contributed by atoms with Crippen LogP contribution < -0.4 is 30.3 Å². The molecule has 1 aliphatic rings. The van der Waals surface area contributed by atoms with Crippen molar-refractivity contribution in [1.29, 1.82) is 0 Å². The molecule has 22 nitrogen and oxygen atoms in total. The fourth-order valence-corrected chi connectivity index (χ4v) is 8.24. The van der Waals surface area contributed by atoms with E-state index in [0.717, 1.165) is 10.9 Å². The number of halogens is 1. The van der Waals surface area contributed by atoms with Gasteiger partial charge in [0.2, 0.25) is 11.8 Å². The minimum atomic E-state index is -0.957. The highest BCUT2D eigenvalue weighted by atomic mass is 35.5. The Balaban J connectivity index is 1.07. The zero-order valence-electron chi connectivity index (χ0n) is 43.7. The summed E-state index contributed by atoms with van der Waals surface area (Å²) < 4.78 is 39.2. The Bertz CT molecular complexity index is 2810. The zero-order valence-corrected chi connectivity index (χ0v) is 44.5. The van der Waals surface area contributed by atoms with E-state index in [9.17, 15) is 33.9 Å². The number of alkyl halides is 1.